The van der Waals surface area contributed by atoms with Crippen LogP contribution in [0.1, 0.15) is 47.9 Å². The molecular weight excluding hydrogens is 470 g/mol. The summed E-state index contributed by atoms with van der Waals surface area (Å²) in [7, 11) is 0. The average Bonchev–Trinajstić information content (AvgIpc) is 2.98. The number of fused-ring (bicyclic) bond motifs is 1. The van der Waals surface area contributed by atoms with E-state index in [4.69, 9.17) is 14.2 Å². The van der Waals surface area contributed by atoms with Crippen LogP contribution < -0.4 is 10.1 Å². The van der Waals surface area contributed by atoms with E-state index in [1.165, 1.54) is 33.0 Å². The first-order valence-electron chi connectivity index (χ1n) is 14.0. The lowest BCUT2D eigenvalue weighted by atomic mass is 9.87. The fourth-order valence-corrected chi connectivity index (χ4v) is 5.14. The number of benzene rings is 4. The molecule has 0 spiro atoms. The SMILES string of the molecule is CCc1ccc(COCCCOc2ccc(C3CCNCC3OCc3ccc4ccccc4c3)cc2)cc1. The van der Waals surface area contributed by atoms with Gasteiger partial charge in [-0.15, -0.1) is 0 Å². The van der Waals surface area contributed by atoms with Crippen LogP contribution in [0.2, 0.25) is 0 Å². The molecule has 1 fully saturated rings. The molecule has 0 bridgehead atoms. The molecule has 1 heterocycles. The van der Waals surface area contributed by atoms with E-state index in [0.29, 0.717) is 32.3 Å². The molecule has 0 radical (unpaired) electrons. The maximum absolute atomic E-state index is 6.45. The Morgan fingerprint density at radius 2 is 1.53 bits per heavy atom. The van der Waals surface area contributed by atoms with Gasteiger partial charge < -0.3 is 19.5 Å². The normalized spacial score (nSPS) is 17.5. The van der Waals surface area contributed by atoms with Gasteiger partial charge in [-0.3, -0.25) is 0 Å². The third-order valence-corrected chi connectivity index (χ3v) is 7.41. The van der Waals surface area contributed by atoms with Gasteiger partial charge in [0.15, 0.2) is 0 Å². The zero-order valence-corrected chi connectivity index (χ0v) is 22.4. The van der Waals surface area contributed by atoms with Gasteiger partial charge in [0.2, 0.25) is 0 Å². The Bertz CT molecular complexity index is 1270. The first-order chi connectivity index (χ1) is 18.8. The molecule has 1 saturated heterocycles. The number of nitrogens with one attached hydrogen (secondary N) is 1. The Balaban J connectivity index is 1.06. The molecule has 4 nitrogen and oxygen atoms in total. The number of hydrogen-bond acceptors (Lipinski definition) is 4. The van der Waals surface area contributed by atoms with E-state index in [2.05, 4.69) is 103 Å². The highest BCUT2D eigenvalue weighted by Crippen LogP contribution is 2.30. The first kappa shape index (κ1) is 26.4. The largest absolute Gasteiger partial charge is 0.494 e. The van der Waals surface area contributed by atoms with Gasteiger partial charge >= 0.3 is 0 Å². The minimum Gasteiger partial charge on any atom is -0.494 e. The monoisotopic (exact) mass is 509 g/mol. The number of hydrogen-bond donors (Lipinski definition) is 1. The molecule has 0 aliphatic carbocycles. The number of aryl methyl sites for hydroxylation is 1. The summed E-state index contributed by atoms with van der Waals surface area (Å²) in [5, 5.41) is 6.04. The van der Waals surface area contributed by atoms with Crippen molar-refractivity contribution in [2.75, 3.05) is 26.3 Å². The van der Waals surface area contributed by atoms with E-state index in [9.17, 15) is 0 Å². The Hall–Kier alpha value is -3.18. The standard InChI is InChI=1S/C34H39NO3/c1-2-26-8-10-27(11-9-26)24-36-20-5-21-37-32-16-14-30(15-17-32)33-18-19-35-23-34(33)38-25-28-12-13-29-6-3-4-7-31(29)22-28/h3-4,6-17,22,33-35H,2,5,18-21,23-25H2,1H3. The fourth-order valence-electron chi connectivity index (χ4n) is 5.14. The molecule has 5 rings (SSSR count). The van der Waals surface area contributed by atoms with Crippen LogP contribution in [-0.2, 0) is 29.1 Å². The Labute approximate surface area is 226 Å². The molecule has 38 heavy (non-hydrogen) atoms. The van der Waals surface area contributed by atoms with Crippen LogP contribution >= 0.6 is 0 Å². The summed E-state index contributed by atoms with van der Waals surface area (Å²) in [5.41, 5.74) is 5.11. The summed E-state index contributed by atoms with van der Waals surface area (Å²) in [6.07, 6.45) is 3.16. The summed E-state index contributed by atoms with van der Waals surface area (Å²) in [5.74, 6) is 1.29. The molecule has 0 aromatic heterocycles. The molecule has 4 aromatic rings. The summed E-state index contributed by atoms with van der Waals surface area (Å²) < 4.78 is 18.2. The second-order valence-electron chi connectivity index (χ2n) is 10.1. The number of rotatable bonds is 12. The molecule has 1 aliphatic heterocycles. The topological polar surface area (TPSA) is 39.7 Å². The van der Waals surface area contributed by atoms with Crippen LogP contribution in [0, 0.1) is 0 Å². The van der Waals surface area contributed by atoms with Gasteiger partial charge in [0.05, 0.1) is 32.5 Å². The van der Waals surface area contributed by atoms with E-state index < -0.39 is 0 Å². The van der Waals surface area contributed by atoms with Crippen molar-refractivity contribution < 1.29 is 14.2 Å². The van der Waals surface area contributed by atoms with E-state index in [0.717, 1.165) is 38.1 Å². The predicted molar refractivity (Wildman–Crippen MR) is 155 cm³/mol. The van der Waals surface area contributed by atoms with Crippen molar-refractivity contribution in [2.45, 2.75) is 51.4 Å². The van der Waals surface area contributed by atoms with Crippen molar-refractivity contribution in [2.24, 2.45) is 0 Å². The smallest absolute Gasteiger partial charge is 0.119 e. The molecule has 0 amide bonds. The Morgan fingerprint density at radius 3 is 2.34 bits per heavy atom. The number of ether oxygens (including phenoxy) is 3. The Morgan fingerprint density at radius 1 is 0.763 bits per heavy atom. The summed E-state index contributed by atoms with van der Waals surface area (Å²) in [6.45, 7) is 6.69. The van der Waals surface area contributed by atoms with Crippen LogP contribution in [0.15, 0.2) is 91.0 Å². The molecule has 198 valence electrons. The molecule has 4 aromatic carbocycles. The van der Waals surface area contributed by atoms with Gasteiger partial charge in [-0.1, -0.05) is 79.7 Å². The second kappa shape index (κ2) is 13.6. The molecule has 1 N–H and O–H groups in total. The van der Waals surface area contributed by atoms with Gasteiger partial charge in [-0.05, 0) is 70.6 Å². The lowest BCUT2D eigenvalue weighted by Crippen LogP contribution is -2.40. The highest BCUT2D eigenvalue weighted by Gasteiger charge is 2.27. The highest BCUT2D eigenvalue weighted by molar-refractivity contribution is 5.82. The van der Waals surface area contributed by atoms with Crippen molar-refractivity contribution in [3.05, 3.63) is 113 Å². The van der Waals surface area contributed by atoms with E-state index in [1.54, 1.807) is 0 Å². The van der Waals surface area contributed by atoms with Crippen molar-refractivity contribution >= 4 is 10.8 Å². The first-order valence-corrected chi connectivity index (χ1v) is 14.0. The summed E-state index contributed by atoms with van der Waals surface area (Å²) in [4.78, 5) is 0. The van der Waals surface area contributed by atoms with Crippen molar-refractivity contribution in [1.29, 1.82) is 0 Å². The van der Waals surface area contributed by atoms with Crippen LogP contribution in [0.4, 0.5) is 0 Å². The van der Waals surface area contributed by atoms with Crippen LogP contribution in [0.5, 0.6) is 5.75 Å². The van der Waals surface area contributed by atoms with Crippen molar-refractivity contribution in [3.8, 4) is 5.75 Å². The number of piperidine rings is 1. The third-order valence-electron chi connectivity index (χ3n) is 7.41. The fraction of sp³-hybridized carbons (Fsp3) is 0.353. The maximum Gasteiger partial charge on any atom is 0.119 e. The second-order valence-corrected chi connectivity index (χ2v) is 10.1. The molecule has 4 heteroatoms. The van der Waals surface area contributed by atoms with Crippen molar-refractivity contribution in [1.82, 2.24) is 5.32 Å². The lowest BCUT2D eigenvalue weighted by Gasteiger charge is -2.32. The van der Waals surface area contributed by atoms with Gasteiger partial charge in [-0.2, -0.15) is 0 Å². The summed E-state index contributed by atoms with van der Waals surface area (Å²) >= 11 is 0. The zero-order valence-electron chi connectivity index (χ0n) is 22.4. The van der Waals surface area contributed by atoms with Gasteiger partial charge in [0.1, 0.15) is 5.75 Å². The lowest BCUT2D eigenvalue weighted by molar-refractivity contribution is 0.0106. The minimum absolute atomic E-state index is 0.150. The molecule has 2 unspecified atom stereocenters. The van der Waals surface area contributed by atoms with E-state index in [-0.39, 0.29) is 6.10 Å². The minimum atomic E-state index is 0.150. The highest BCUT2D eigenvalue weighted by atomic mass is 16.5. The third kappa shape index (κ3) is 7.22. The van der Waals surface area contributed by atoms with Gasteiger partial charge in [0, 0.05) is 18.9 Å². The van der Waals surface area contributed by atoms with Crippen LogP contribution in [-0.4, -0.2) is 32.4 Å². The zero-order chi connectivity index (χ0) is 26.0. The van der Waals surface area contributed by atoms with Gasteiger partial charge in [-0.25, -0.2) is 0 Å². The average molecular weight is 510 g/mol. The van der Waals surface area contributed by atoms with Gasteiger partial charge in [0.25, 0.3) is 0 Å². The Kier molecular flexibility index (Phi) is 9.43. The summed E-state index contributed by atoms with van der Waals surface area (Å²) in [6, 6.07) is 32.3. The molecule has 1 aliphatic rings. The quantitative estimate of drug-likeness (QED) is 0.208. The van der Waals surface area contributed by atoms with E-state index >= 15 is 0 Å². The predicted octanol–water partition coefficient (Wildman–Crippen LogP) is 7.05. The van der Waals surface area contributed by atoms with E-state index in [1.807, 2.05) is 0 Å². The van der Waals surface area contributed by atoms with Crippen LogP contribution in [0.3, 0.4) is 0 Å². The molecule has 2 atom stereocenters. The molecular formula is C34H39NO3. The van der Waals surface area contributed by atoms with Crippen LogP contribution in [0.25, 0.3) is 10.8 Å². The maximum atomic E-state index is 6.45. The van der Waals surface area contributed by atoms with Crippen molar-refractivity contribution in [3.63, 3.8) is 0 Å². The molecule has 0 saturated carbocycles.